The number of nitrogens with zero attached hydrogens (tertiary/aromatic N) is 5. The average Bonchev–Trinajstić information content (AvgIpc) is 2.67. The highest BCUT2D eigenvalue weighted by Crippen LogP contribution is 2.40. The molecule has 0 saturated carbocycles. The fraction of sp³-hybridized carbons (Fsp3) is 0.500. The molecule has 7 heteroatoms. The molecule has 4 rings (SSSR count). The van der Waals surface area contributed by atoms with Crippen molar-refractivity contribution in [3.05, 3.63) is 47.9 Å². The van der Waals surface area contributed by atoms with Gasteiger partial charge in [0.15, 0.2) is 11.6 Å². The van der Waals surface area contributed by atoms with Gasteiger partial charge in [0, 0.05) is 43.9 Å². The first-order valence-corrected chi connectivity index (χ1v) is 9.45. The molecule has 0 unspecified atom stereocenters. The minimum atomic E-state index is -0.284. The molecule has 0 radical (unpaired) electrons. The topological polar surface area (TPSA) is 62.2 Å². The summed E-state index contributed by atoms with van der Waals surface area (Å²) in [4.78, 5) is 29.3. The third kappa shape index (κ3) is 3.77. The molecule has 2 aliphatic heterocycles. The quantitative estimate of drug-likeness (QED) is 0.832. The van der Waals surface area contributed by atoms with Crippen LogP contribution in [0, 0.1) is 18.2 Å². The number of carbonyl (C=O) groups is 1. The van der Waals surface area contributed by atoms with Crippen molar-refractivity contribution in [3.63, 3.8) is 0 Å². The van der Waals surface area contributed by atoms with Gasteiger partial charge in [-0.25, -0.2) is 9.37 Å². The number of rotatable bonds is 3. The SMILES string of the molecule is Cc1cnc(CN2C[C@@]3(CCCN(c4ncccc4F)C3)CCC2=O)cn1. The highest BCUT2D eigenvalue weighted by Gasteiger charge is 2.42. The lowest BCUT2D eigenvalue weighted by Crippen LogP contribution is -2.54. The van der Waals surface area contributed by atoms with Crippen LogP contribution in [0.15, 0.2) is 30.7 Å². The zero-order chi connectivity index (χ0) is 18.9. The third-order valence-electron chi connectivity index (χ3n) is 5.64. The van der Waals surface area contributed by atoms with Gasteiger partial charge in [-0.1, -0.05) is 0 Å². The van der Waals surface area contributed by atoms with Gasteiger partial charge in [0.25, 0.3) is 0 Å². The van der Waals surface area contributed by atoms with Gasteiger partial charge in [0.1, 0.15) is 0 Å². The first-order chi connectivity index (χ1) is 13.0. The largest absolute Gasteiger partial charge is 0.354 e. The summed E-state index contributed by atoms with van der Waals surface area (Å²) in [6.07, 6.45) is 8.48. The maximum Gasteiger partial charge on any atom is 0.222 e. The Morgan fingerprint density at radius 1 is 1.19 bits per heavy atom. The highest BCUT2D eigenvalue weighted by atomic mass is 19.1. The van der Waals surface area contributed by atoms with Crippen LogP contribution in [0.4, 0.5) is 10.2 Å². The molecule has 1 spiro atoms. The predicted molar refractivity (Wildman–Crippen MR) is 99.5 cm³/mol. The molecule has 142 valence electrons. The lowest BCUT2D eigenvalue weighted by atomic mass is 9.73. The van der Waals surface area contributed by atoms with E-state index < -0.39 is 0 Å². The number of carbonyl (C=O) groups excluding carboxylic acids is 1. The molecule has 0 aliphatic carbocycles. The van der Waals surface area contributed by atoms with E-state index in [0.29, 0.717) is 25.3 Å². The van der Waals surface area contributed by atoms with E-state index >= 15 is 0 Å². The molecular weight excluding hydrogens is 345 g/mol. The van der Waals surface area contributed by atoms with Crippen LogP contribution in [-0.4, -0.2) is 45.4 Å². The van der Waals surface area contributed by atoms with E-state index in [1.807, 2.05) is 16.7 Å². The number of anilines is 1. The van der Waals surface area contributed by atoms with Crippen molar-refractivity contribution in [1.82, 2.24) is 19.9 Å². The maximum absolute atomic E-state index is 14.2. The molecule has 4 heterocycles. The Kier molecular flexibility index (Phi) is 4.76. The molecule has 1 amide bonds. The summed E-state index contributed by atoms with van der Waals surface area (Å²) >= 11 is 0. The van der Waals surface area contributed by atoms with Crippen molar-refractivity contribution >= 4 is 11.7 Å². The molecule has 0 N–H and O–H groups in total. The minimum absolute atomic E-state index is 0.0196. The normalized spacial score (nSPS) is 23.1. The van der Waals surface area contributed by atoms with Crippen LogP contribution in [0.1, 0.15) is 37.1 Å². The number of hydrogen-bond acceptors (Lipinski definition) is 5. The van der Waals surface area contributed by atoms with Gasteiger partial charge in [-0.3, -0.25) is 14.8 Å². The Morgan fingerprint density at radius 2 is 2.07 bits per heavy atom. The molecule has 2 saturated heterocycles. The maximum atomic E-state index is 14.2. The molecule has 0 aromatic carbocycles. The van der Waals surface area contributed by atoms with E-state index in [1.54, 1.807) is 24.7 Å². The van der Waals surface area contributed by atoms with Crippen LogP contribution in [0.3, 0.4) is 0 Å². The Bertz CT molecular complexity index is 827. The van der Waals surface area contributed by atoms with Gasteiger partial charge in [-0.15, -0.1) is 0 Å². The molecule has 2 aromatic rings. The number of piperidine rings is 2. The van der Waals surface area contributed by atoms with Gasteiger partial charge >= 0.3 is 0 Å². The Balaban J connectivity index is 1.51. The molecule has 2 aromatic heterocycles. The van der Waals surface area contributed by atoms with Crippen LogP contribution < -0.4 is 4.90 Å². The Morgan fingerprint density at radius 3 is 2.85 bits per heavy atom. The second-order valence-electron chi connectivity index (χ2n) is 7.73. The number of hydrogen-bond donors (Lipinski definition) is 0. The smallest absolute Gasteiger partial charge is 0.222 e. The molecule has 2 fully saturated rings. The van der Waals surface area contributed by atoms with E-state index in [9.17, 15) is 9.18 Å². The first kappa shape index (κ1) is 17.8. The Hall–Kier alpha value is -2.57. The van der Waals surface area contributed by atoms with Gasteiger partial charge in [-0.05, 0) is 38.3 Å². The van der Waals surface area contributed by atoms with E-state index in [2.05, 4.69) is 15.0 Å². The van der Waals surface area contributed by atoms with Crippen LogP contribution in [0.5, 0.6) is 0 Å². The number of halogens is 1. The molecule has 2 aliphatic rings. The lowest BCUT2D eigenvalue weighted by molar-refractivity contribution is -0.138. The Labute approximate surface area is 158 Å². The van der Waals surface area contributed by atoms with Crippen LogP contribution in [0.25, 0.3) is 0 Å². The van der Waals surface area contributed by atoms with Crippen LogP contribution in [-0.2, 0) is 11.3 Å². The minimum Gasteiger partial charge on any atom is -0.354 e. The average molecular weight is 369 g/mol. The lowest BCUT2D eigenvalue weighted by Gasteiger charge is -2.48. The number of aromatic nitrogens is 3. The molecule has 1 atom stereocenters. The number of pyridine rings is 1. The van der Waals surface area contributed by atoms with E-state index in [1.165, 1.54) is 6.07 Å². The fourth-order valence-corrected chi connectivity index (χ4v) is 4.27. The second kappa shape index (κ2) is 7.21. The van der Waals surface area contributed by atoms with Crippen molar-refractivity contribution < 1.29 is 9.18 Å². The van der Waals surface area contributed by atoms with Gasteiger partial charge in [0.05, 0.1) is 24.1 Å². The highest BCUT2D eigenvalue weighted by molar-refractivity contribution is 5.77. The number of likely N-dealkylation sites (tertiary alicyclic amines) is 1. The standard InChI is InChI=1S/C20H24FN5O/c1-15-10-24-16(11-23-15)12-26-14-20(7-5-18(26)27)6-3-9-25(13-20)19-17(21)4-2-8-22-19/h2,4,8,10-11H,3,5-7,9,12-14H2,1H3/t20-/m0/s1. The van der Waals surface area contributed by atoms with E-state index in [4.69, 9.17) is 0 Å². The first-order valence-electron chi connectivity index (χ1n) is 9.45. The van der Waals surface area contributed by atoms with E-state index in [0.717, 1.165) is 43.7 Å². The molecular formula is C20H24FN5O. The summed E-state index contributed by atoms with van der Waals surface area (Å²) in [5.41, 5.74) is 1.64. The zero-order valence-corrected chi connectivity index (χ0v) is 15.6. The second-order valence-corrected chi connectivity index (χ2v) is 7.73. The summed E-state index contributed by atoms with van der Waals surface area (Å²) in [5.74, 6) is 0.293. The van der Waals surface area contributed by atoms with Crippen LogP contribution >= 0.6 is 0 Å². The van der Waals surface area contributed by atoms with Gasteiger partial charge in [-0.2, -0.15) is 0 Å². The van der Waals surface area contributed by atoms with Crippen LogP contribution in [0.2, 0.25) is 0 Å². The summed E-state index contributed by atoms with van der Waals surface area (Å²) in [6, 6.07) is 3.07. The van der Waals surface area contributed by atoms with E-state index in [-0.39, 0.29) is 17.1 Å². The molecule has 6 nitrogen and oxygen atoms in total. The van der Waals surface area contributed by atoms with Crippen molar-refractivity contribution in [3.8, 4) is 0 Å². The third-order valence-corrected chi connectivity index (χ3v) is 5.64. The molecule has 0 bridgehead atoms. The van der Waals surface area contributed by atoms with Crippen molar-refractivity contribution in [1.29, 1.82) is 0 Å². The summed E-state index contributed by atoms with van der Waals surface area (Å²) in [5, 5.41) is 0. The van der Waals surface area contributed by atoms with Gasteiger partial charge in [0.2, 0.25) is 5.91 Å². The summed E-state index contributed by atoms with van der Waals surface area (Å²) in [7, 11) is 0. The zero-order valence-electron chi connectivity index (χ0n) is 15.6. The predicted octanol–water partition coefficient (Wildman–Crippen LogP) is 2.73. The van der Waals surface area contributed by atoms with Gasteiger partial charge < -0.3 is 9.80 Å². The summed E-state index contributed by atoms with van der Waals surface area (Å²) < 4.78 is 14.2. The summed E-state index contributed by atoms with van der Waals surface area (Å²) in [6.45, 7) is 4.57. The fourth-order valence-electron chi connectivity index (χ4n) is 4.27. The van der Waals surface area contributed by atoms with Crippen molar-refractivity contribution in [2.75, 3.05) is 24.5 Å². The molecule has 27 heavy (non-hydrogen) atoms. The van der Waals surface area contributed by atoms with Crippen molar-refractivity contribution in [2.24, 2.45) is 5.41 Å². The van der Waals surface area contributed by atoms with Crippen molar-refractivity contribution in [2.45, 2.75) is 39.2 Å². The number of amides is 1. The monoisotopic (exact) mass is 369 g/mol. The number of aryl methyl sites for hydroxylation is 1.